The number of imide groups is 1. The molecule has 0 aromatic heterocycles. The number of carbonyl (C=O) groups excluding carboxylic acids is 3. The number of amides is 2. The summed E-state index contributed by atoms with van der Waals surface area (Å²) in [5.41, 5.74) is 0. The van der Waals surface area contributed by atoms with Crippen LogP contribution in [-0.4, -0.2) is 48.4 Å². The molecule has 1 aliphatic rings. The maximum atomic E-state index is 11.5. The van der Waals surface area contributed by atoms with E-state index in [1.54, 1.807) is 11.8 Å². The van der Waals surface area contributed by atoms with Crippen molar-refractivity contribution in [3.05, 3.63) is 0 Å². The molecule has 0 bridgehead atoms. The number of ether oxygens (including phenoxy) is 1. The van der Waals surface area contributed by atoms with E-state index < -0.39 is 12.0 Å². The van der Waals surface area contributed by atoms with Crippen LogP contribution in [0.25, 0.3) is 0 Å². The third-order valence-electron chi connectivity index (χ3n) is 2.38. The standard InChI is InChI=1S/C10H16N2O4/c1-3-7-10(15)11-8(13)5-12(7)6-9(14)16-4-2/h7H,3-6H2,1-2H3,(H,11,13,15). The van der Waals surface area contributed by atoms with Crippen molar-refractivity contribution in [3.8, 4) is 0 Å². The Morgan fingerprint density at radius 3 is 2.75 bits per heavy atom. The van der Waals surface area contributed by atoms with Crippen LogP contribution in [0, 0.1) is 0 Å². The Hall–Kier alpha value is -1.43. The summed E-state index contributed by atoms with van der Waals surface area (Å²) in [5.74, 6) is -1.13. The Morgan fingerprint density at radius 2 is 2.19 bits per heavy atom. The Labute approximate surface area is 93.9 Å². The van der Waals surface area contributed by atoms with Crippen molar-refractivity contribution in [3.63, 3.8) is 0 Å². The van der Waals surface area contributed by atoms with E-state index >= 15 is 0 Å². The van der Waals surface area contributed by atoms with Crippen LogP contribution in [0.1, 0.15) is 20.3 Å². The van der Waals surface area contributed by atoms with Crippen LogP contribution in [0.5, 0.6) is 0 Å². The third kappa shape index (κ3) is 3.03. The number of nitrogens with zero attached hydrogens (tertiary/aromatic N) is 1. The van der Waals surface area contributed by atoms with Crippen molar-refractivity contribution in [2.24, 2.45) is 0 Å². The smallest absolute Gasteiger partial charge is 0.320 e. The fourth-order valence-electron chi connectivity index (χ4n) is 1.70. The highest BCUT2D eigenvalue weighted by atomic mass is 16.5. The SMILES string of the molecule is CCOC(=O)CN1CC(=O)NC(=O)C1CC. The molecule has 2 amide bonds. The van der Waals surface area contributed by atoms with Gasteiger partial charge in [0.25, 0.3) is 0 Å². The monoisotopic (exact) mass is 228 g/mol. The minimum atomic E-state index is -0.429. The van der Waals surface area contributed by atoms with E-state index in [0.29, 0.717) is 13.0 Å². The van der Waals surface area contributed by atoms with Crippen LogP contribution >= 0.6 is 0 Å². The quantitative estimate of drug-likeness (QED) is 0.508. The zero-order valence-corrected chi connectivity index (χ0v) is 9.49. The Balaban J connectivity index is 2.63. The van der Waals surface area contributed by atoms with Gasteiger partial charge < -0.3 is 4.74 Å². The van der Waals surface area contributed by atoms with E-state index in [1.165, 1.54) is 0 Å². The maximum Gasteiger partial charge on any atom is 0.320 e. The van der Waals surface area contributed by atoms with Gasteiger partial charge in [-0.2, -0.15) is 0 Å². The molecule has 0 saturated carbocycles. The summed E-state index contributed by atoms with van der Waals surface area (Å²) in [6, 6.07) is -0.429. The van der Waals surface area contributed by atoms with Crippen molar-refractivity contribution < 1.29 is 19.1 Å². The summed E-state index contributed by atoms with van der Waals surface area (Å²) >= 11 is 0. The van der Waals surface area contributed by atoms with E-state index in [4.69, 9.17) is 4.74 Å². The number of hydrogen-bond donors (Lipinski definition) is 1. The lowest BCUT2D eigenvalue weighted by Gasteiger charge is -2.32. The third-order valence-corrected chi connectivity index (χ3v) is 2.38. The van der Waals surface area contributed by atoms with Gasteiger partial charge in [0.2, 0.25) is 11.8 Å². The molecule has 1 unspecified atom stereocenters. The Kier molecular flexibility index (Phi) is 4.42. The number of esters is 1. The molecular weight excluding hydrogens is 212 g/mol. The molecule has 6 heteroatoms. The molecule has 0 aliphatic carbocycles. The molecule has 1 heterocycles. The van der Waals surface area contributed by atoms with Gasteiger partial charge in [0.15, 0.2) is 0 Å². The number of nitrogens with one attached hydrogen (secondary N) is 1. The van der Waals surface area contributed by atoms with E-state index in [0.717, 1.165) is 0 Å². The minimum Gasteiger partial charge on any atom is -0.465 e. The highest BCUT2D eigenvalue weighted by molar-refractivity contribution is 6.01. The zero-order valence-electron chi connectivity index (χ0n) is 9.49. The lowest BCUT2D eigenvalue weighted by Crippen LogP contribution is -2.58. The molecule has 1 saturated heterocycles. The fourth-order valence-corrected chi connectivity index (χ4v) is 1.70. The predicted octanol–water partition coefficient (Wildman–Crippen LogP) is -0.713. The van der Waals surface area contributed by atoms with E-state index in [-0.39, 0.29) is 24.9 Å². The highest BCUT2D eigenvalue weighted by Crippen LogP contribution is 2.08. The first-order valence-electron chi connectivity index (χ1n) is 5.31. The second-order valence-electron chi connectivity index (χ2n) is 3.55. The van der Waals surface area contributed by atoms with Gasteiger partial charge in [-0.3, -0.25) is 24.6 Å². The number of hydrogen-bond acceptors (Lipinski definition) is 5. The van der Waals surface area contributed by atoms with Crippen molar-refractivity contribution >= 4 is 17.8 Å². The van der Waals surface area contributed by atoms with Gasteiger partial charge in [-0.25, -0.2) is 0 Å². The minimum absolute atomic E-state index is 0.0223. The molecule has 1 aliphatic heterocycles. The Bertz CT molecular complexity index is 303. The lowest BCUT2D eigenvalue weighted by molar-refractivity contribution is -0.148. The summed E-state index contributed by atoms with van der Waals surface area (Å²) < 4.78 is 4.78. The summed E-state index contributed by atoms with van der Waals surface area (Å²) in [5, 5.41) is 2.24. The predicted molar refractivity (Wildman–Crippen MR) is 55.4 cm³/mol. The molecular formula is C10H16N2O4. The summed E-state index contributed by atoms with van der Waals surface area (Å²) in [4.78, 5) is 35.4. The van der Waals surface area contributed by atoms with Gasteiger partial charge in [-0.1, -0.05) is 6.92 Å². The van der Waals surface area contributed by atoms with Crippen LogP contribution in [0.15, 0.2) is 0 Å². The van der Waals surface area contributed by atoms with Crippen LogP contribution in [0.3, 0.4) is 0 Å². The molecule has 90 valence electrons. The highest BCUT2D eigenvalue weighted by Gasteiger charge is 2.33. The molecule has 0 aromatic rings. The number of piperazine rings is 1. The lowest BCUT2D eigenvalue weighted by atomic mass is 10.1. The molecule has 1 fully saturated rings. The normalized spacial score (nSPS) is 21.8. The molecule has 1 N–H and O–H groups in total. The maximum absolute atomic E-state index is 11.5. The van der Waals surface area contributed by atoms with Crippen molar-refractivity contribution in [2.45, 2.75) is 26.3 Å². The molecule has 0 aromatic carbocycles. The zero-order chi connectivity index (χ0) is 12.1. The second-order valence-corrected chi connectivity index (χ2v) is 3.55. The summed E-state index contributed by atoms with van der Waals surface area (Å²) in [7, 11) is 0. The van der Waals surface area contributed by atoms with E-state index in [1.807, 2.05) is 6.92 Å². The van der Waals surface area contributed by atoms with E-state index in [9.17, 15) is 14.4 Å². The average Bonchev–Trinajstić information content (AvgIpc) is 2.17. The number of carbonyl (C=O) groups is 3. The second kappa shape index (κ2) is 5.60. The topological polar surface area (TPSA) is 75.7 Å². The first-order valence-corrected chi connectivity index (χ1v) is 5.31. The van der Waals surface area contributed by atoms with Gasteiger partial charge in [-0.15, -0.1) is 0 Å². The molecule has 1 atom stereocenters. The van der Waals surface area contributed by atoms with Crippen molar-refractivity contribution in [1.29, 1.82) is 0 Å². The van der Waals surface area contributed by atoms with Crippen LogP contribution in [-0.2, 0) is 19.1 Å². The summed E-state index contributed by atoms with van der Waals surface area (Å²) in [6.45, 7) is 3.87. The average molecular weight is 228 g/mol. The molecule has 1 rings (SSSR count). The molecule has 0 radical (unpaired) electrons. The van der Waals surface area contributed by atoms with Gasteiger partial charge in [0, 0.05) is 0 Å². The Morgan fingerprint density at radius 1 is 1.50 bits per heavy atom. The molecule has 0 spiro atoms. The van der Waals surface area contributed by atoms with Gasteiger partial charge >= 0.3 is 5.97 Å². The van der Waals surface area contributed by atoms with Crippen molar-refractivity contribution in [2.75, 3.05) is 19.7 Å². The first-order chi connectivity index (χ1) is 7.58. The van der Waals surface area contributed by atoms with Gasteiger partial charge in [0.05, 0.1) is 25.7 Å². The van der Waals surface area contributed by atoms with Crippen LogP contribution in [0.2, 0.25) is 0 Å². The summed E-state index contributed by atoms with van der Waals surface area (Å²) in [6.07, 6.45) is 0.554. The van der Waals surface area contributed by atoms with Crippen LogP contribution in [0.4, 0.5) is 0 Å². The first kappa shape index (κ1) is 12.6. The van der Waals surface area contributed by atoms with Crippen LogP contribution < -0.4 is 5.32 Å². The van der Waals surface area contributed by atoms with Gasteiger partial charge in [-0.05, 0) is 13.3 Å². The largest absolute Gasteiger partial charge is 0.465 e. The van der Waals surface area contributed by atoms with Gasteiger partial charge in [0.1, 0.15) is 0 Å². The van der Waals surface area contributed by atoms with E-state index in [2.05, 4.69) is 5.32 Å². The molecule has 6 nitrogen and oxygen atoms in total. The van der Waals surface area contributed by atoms with Crippen molar-refractivity contribution in [1.82, 2.24) is 10.2 Å². The fraction of sp³-hybridized carbons (Fsp3) is 0.700. The number of rotatable bonds is 4. The molecule has 16 heavy (non-hydrogen) atoms.